The van der Waals surface area contributed by atoms with Gasteiger partial charge in [0, 0.05) is 35.6 Å². The van der Waals surface area contributed by atoms with Gasteiger partial charge in [0.2, 0.25) is 0 Å². The molecule has 5 aromatic rings. The number of nitro groups is 1. The van der Waals surface area contributed by atoms with Crippen LogP contribution in [0.25, 0.3) is 10.8 Å². The van der Waals surface area contributed by atoms with Crippen molar-refractivity contribution >= 4 is 51.4 Å². The molecular weight excluding hydrogens is 626 g/mol. The number of phenols is 1. The number of nitro benzene ring substituents is 1. The van der Waals surface area contributed by atoms with E-state index in [0.717, 1.165) is 21.0 Å². The Labute approximate surface area is 281 Å². The van der Waals surface area contributed by atoms with Gasteiger partial charge in [0.05, 0.1) is 34.3 Å². The number of aryl methyl sites for hydroxylation is 2. The monoisotopic (exact) mass is 659 g/mol. The highest BCUT2D eigenvalue weighted by atomic mass is 16.6. The molecule has 0 aliphatic carbocycles. The van der Waals surface area contributed by atoms with E-state index in [1.54, 1.807) is 48.3 Å². The van der Waals surface area contributed by atoms with Crippen LogP contribution in [-0.4, -0.2) is 46.5 Å². The fourth-order valence-corrected chi connectivity index (χ4v) is 5.70. The predicted octanol–water partition coefficient (Wildman–Crippen LogP) is 7.57. The average molecular weight is 660 g/mol. The van der Waals surface area contributed by atoms with E-state index in [4.69, 9.17) is 4.74 Å². The van der Waals surface area contributed by atoms with Gasteiger partial charge >= 0.3 is 6.03 Å². The van der Waals surface area contributed by atoms with Gasteiger partial charge in [-0.25, -0.2) is 4.79 Å². The topological polar surface area (TPSA) is 146 Å². The van der Waals surface area contributed by atoms with Gasteiger partial charge in [-0.3, -0.25) is 29.6 Å². The third kappa shape index (κ3) is 6.19. The second kappa shape index (κ2) is 13.0. The van der Waals surface area contributed by atoms with Crippen LogP contribution < -0.4 is 20.0 Å². The number of nitrogens with zero attached hydrogens (tertiary/aromatic N) is 4. The van der Waals surface area contributed by atoms with Crippen LogP contribution in [0, 0.1) is 29.9 Å². The summed E-state index contributed by atoms with van der Waals surface area (Å²) in [6.45, 7) is 5.75. The number of imide groups is 1. The van der Waals surface area contributed by atoms with E-state index in [-0.39, 0.29) is 40.7 Å². The first-order valence-electron chi connectivity index (χ1n) is 15.5. The molecule has 1 aliphatic heterocycles. The summed E-state index contributed by atoms with van der Waals surface area (Å²) in [6.07, 6.45) is 0. The summed E-state index contributed by atoms with van der Waals surface area (Å²) in [5.74, 6) is -1.60. The quantitative estimate of drug-likeness (QED) is 0.134. The maximum absolute atomic E-state index is 14.1. The number of fused-ring (bicyclic) bond motifs is 1. The number of rotatable bonds is 7. The smallest absolute Gasteiger partial charge is 0.350 e. The third-order valence-corrected chi connectivity index (χ3v) is 8.47. The van der Waals surface area contributed by atoms with Crippen molar-refractivity contribution in [2.75, 3.05) is 28.8 Å². The van der Waals surface area contributed by atoms with Gasteiger partial charge < -0.3 is 15.2 Å². The molecule has 1 atom stereocenters. The Hall–Kier alpha value is -6.43. The normalized spacial score (nSPS) is 14.2. The minimum absolute atomic E-state index is 0.00141. The lowest BCUT2D eigenvalue weighted by atomic mass is 10.0. The first kappa shape index (κ1) is 32.5. The summed E-state index contributed by atoms with van der Waals surface area (Å²) in [4.78, 5) is 53.3. The predicted molar refractivity (Wildman–Crippen MR) is 186 cm³/mol. The van der Waals surface area contributed by atoms with E-state index in [1.165, 1.54) is 31.3 Å². The number of hydrogen-bond acceptors (Lipinski definition) is 8. The number of nitrogens with one attached hydrogen (secondary N) is 1. The van der Waals surface area contributed by atoms with Crippen molar-refractivity contribution in [3.8, 4) is 17.2 Å². The number of urea groups is 1. The number of anilines is 3. The van der Waals surface area contributed by atoms with Crippen LogP contribution in [0.4, 0.5) is 27.5 Å². The summed E-state index contributed by atoms with van der Waals surface area (Å²) < 4.78 is 6.36. The molecule has 0 bridgehead atoms. The van der Waals surface area contributed by atoms with Crippen LogP contribution in [0.3, 0.4) is 0 Å². The summed E-state index contributed by atoms with van der Waals surface area (Å²) in [5.41, 5.74) is 2.63. The molecule has 49 heavy (non-hydrogen) atoms. The first-order chi connectivity index (χ1) is 23.4. The highest BCUT2D eigenvalue weighted by Crippen LogP contribution is 2.42. The number of para-hydroxylation sites is 1. The number of hydrazine groups is 1. The molecule has 0 spiro atoms. The molecule has 2 N–H and O–H groups in total. The van der Waals surface area contributed by atoms with Gasteiger partial charge in [-0.15, -0.1) is 0 Å². The van der Waals surface area contributed by atoms with Crippen molar-refractivity contribution in [1.29, 1.82) is 0 Å². The van der Waals surface area contributed by atoms with Gasteiger partial charge in [-0.2, -0.15) is 5.01 Å². The molecule has 0 saturated carbocycles. The summed E-state index contributed by atoms with van der Waals surface area (Å²) in [7, 11) is 1.40. The maximum atomic E-state index is 14.1. The third-order valence-electron chi connectivity index (χ3n) is 8.47. The zero-order chi connectivity index (χ0) is 35.0. The fraction of sp³-hybridized carbons (Fsp3) is 0.162. The standard InChI is InChI=1S/C37H33N5O7/c1-22-13-15-25(16-14-22)40-21-24(3)36(45)41(40)37(46)39(4)31-19-26(42(47)48)17-18-32(31)49-33-20-29(34(43)28-11-7-6-10-27(28)33)35(44)38-30-12-8-5-9-23(30)2/h5-20,24,43H,21H2,1-4H3,(H,38,44). The van der Waals surface area contributed by atoms with Crippen LogP contribution >= 0.6 is 0 Å². The largest absolute Gasteiger partial charge is 0.506 e. The van der Waals surface area contributed by atoms with E-state index in [9.17, 15) is 29.6 Å². The second-order valence-corrected chi connectivity index (χ2v) is 11.9. The molecule has 1 aliphatic rings. The molecule has 5 aromatic carbocycles. The highest BCUT2D eigenvalue weighted by molar-refractivity contribution is 6.11. The van der Waals surface area contributed by atoms with Crippen LogP contribution in [0.1, 0.15) is 28.4 Å². The Morgan fingerprint density at radius 1 is 0.939 bits per heavy atom. The van der Waals surface area contributed by atoms with E-state index in [1.807, 2.05) is 50.2 Å². The number of amides is 4. The van der Waals surface area contributed by atoms with Gasteiger partial charge in [0.15, 0.2) is 5.75 Å². The molecule has 0 radical (unpaired) electrons. The number of ether oxygens (including phenoxy) is 1. The van der Waals surface area contributed by atoms with Crippen molar-refractivity contribution < 1.29 is 29.2 Å². The number of hydrogen-bond donors (Lipinski definition) is 2. The van der Waals surface area contributed by atoms with E-state index in [0.29, 0.717) is 22.1 Å². The fourth-order valence-electron chi connectivity index (χ4n) is 5.70. The summed E-state index contributed by atoms with van der Waals surface area (Å²) in [5, 5.41) is 29.2. The Morgan fingerprint density at radius 2 is 1.61 bits per heavy atom. The Balaban J connectivity index is 1.41. The number of carbonyl (C=O) groups excluding carboxylic acids is 3. The van der Waals surface area contributed by atoms with Crippen LogP contribution in [-0.2, 0) is 4.79 Å². The molecule has 248 valence electrons. The van der Waals surface area contributed by atoms with Crippen molar-refractivity contribution in [3.63, 3.8) is 0 Å². The van der Waals surface area contributed by atoms with Gasteiger partial charge in [0.25, 0.3) is 17.5 Å². The Bertz CT molecular complexity index is 2130. The lowest BCUT2D eigenvalue weighted by Gasteiger charge is -2.31. The molecule has 12 heteroatoms. The zero-order valence-corrected chi connectivity index (χ0v) is 27.2. The molecule has 1 saturated heterocycles. The average Bonchev–Trinajstić information content (AvgIpc) is 3.39. The van der Waals surface area contributed by atoms with E-state index < -0.39 is 28.7 Å². The molecule has 1 unspecified atom stereocenters. The molecule has 0 aromatic heterocycles. The van der Waals surface area contributed by atoms with Gasteiger partial charge in [-0.05, 0) is 49.7 Å². The Kier molecular flexibility index (Phi) is 8.62. The molecule has 6 rings (SSSR count). The number of non-ortho nitro benzene ring substituents is 1. The van der Waals surface area contributed by atoms with Crippen molar-refractivity contribution in [1.82, 2.24) is 5.01 Å². The van der Waals surface area contributed by atoms with Crippen LogP contribution in [0.5, 0.6) is 17.2 Å². The lowest BCUT2D eigenvalue weighted by molar-refractivity contribution is -0.384. The molecule has 4 amide bonds. The Morgan fingerprint density at radius 3 is 2.31 bits per heavy atom. The molecule has 1 heterocycles. The highest BCUT2D eigenvalue weighted by Gasteiger charge is 2.42. The number of phenolic OH excluding ortho intramolecular Hbond substituents is 1. The van der Waals surface area contributed by atoms with Gasteiger partial charge in [-0.1, -0.05) is 67.1 Å². The first-order valence-corrected chi connectivity index (χ1v) is 15.5. The summed E-state index contributed by atoms with van der Waals surface area (Å²) >= 11 is 0. The van der Waals surface area contributed by atoms with E-state index >= 15 is 0 Å². The van der Waals surface area contributed by atoms with E-state index in [2.05, 4.69) is 5.32 Å². The van der Waals surface area contributed by atoms with Crippen LogP contribution in [0.2, 0.25) is 0 Å². The molecule has 12 nitrogen and oxygen atoms in total. The van der Waals surface area contributed by atoms with Gasteiger partial charge in [0.1, 0.15) is 11.5 Å². The van der Waals surface area contributed by atoms with Crippen molar-refractivity contribution in [3.05, 3.63) is 124 Å². The number of benzene rings is 5. The maximum Gasteiger partial charge on any atom is 0.350 e. The van der Waals surface area contributed by atoms with Crippen molar-refractivity contribution in [2.45, 2.75) is 20.8 Å². The molecular formula is C37H33N5O7. The van der Waals surface area contributed by atoms with Crippen LogP contribution in [0.15, 0.2) is 97.1 Å². The minimum atomic E-state index is -0.755. The molecule has 1 fully saturated rings. The number of aromatic hydroxyl groups is 1. The minimum Gasteiger partial charge on any atom is -0.506 e. The van der Waals surface area contributed by atoms with Crippen molar-refractivity contribution in [2.24, 2.45) is 5.92 Å². The zero-order valence-electron chi connectivity index (χ0n) is 27.2. The lowest BCUT2D eigenvalue weighted by Crippen LogP contribution is -2.50. The second-order valence-electron chi connectivity index (χ2n) is 11.9. The summed E-state index contributed by atoms with van der Waals surface area (Å²) in [6, 6.07) is 25.7. The number of carbonyl (C=O) groups is 3. The SMILES string of the molecule is Cc1ccc(N2CC(C)C(=O)N2C(=O)N(C)c2cc([N+](=O)[O-])ccc2Oc2cc(C(=O)Nc3ccccc3C)c(O)c3ccccc23)cc1.